The van der Waals surface area contributed by atoms with Crippen LogP contribution in [-0.2, 0) is 9.59 Å². The molecule has 1 spiro atoms. The van der Waals surface area contributed by atoms with Crippen molar-refractivity contribution in [2.75, 3.05) is 25.0 Å². The summed E-state index contributed by atoms with van der Waals surface area (Å²) >= 11 is 6.23. The van der Waals surface area contributed by atoms with Gasteiger partial charge in [-0.05, 0) is 80.8 Å². The predicted octanol–water partition coefficient (Wildman–Crippen LogP) is 4.71. The van der Waals surface area contributed by atoms with Crippen molar-refractivity contribution in [2.24, 2.45) is 11.3 Å². The fourth-order valence-electron chi connectivity index (χ4n) is 5.94. The number of nitrogens with one attached hydrogen (secondary N) is 1. The minimum Gasteiger partial charge on any atom is -0.339 e. The van der Waals surface area contributed by atoms with Crippen molar-refractivity contribution < 1.29 is 14.4 Å². The lowest BCUT2D eigenvalue weighted by atomic mass is 9.94. The predicted molar refractivity (Wildman–Crippen MR) is 149 cm³/mol. The number of halogens is 1. The largest absolute Gasteiger partial charge is 0.339 e. The fourth-order valence-corrected chi connectivity index (χ4v) is 6.15. The van der Waals surface area contributed by atoms with Gasteiger partial charge >= 0.3 is 0 Å². The number of amides is 3. The van der Waals surface area contributed by atoms with Crippen LogP contribution in [0.2, 0.25) is 5.02 Å². The number of carbonyl (C=O) groups is 3. The maximum Gasteiger partial charge on any atom is 0.255 e. The van der Waals surface area contributed by atoms with E-state index in [4.69, 9.17) is 11.6 Å². The zero-order valence-corrected chi connectivity index (χ0v) is 22.7. The number of carbonyl (C=O) groups excluding carboxylic acids is 3. The Morgan fingerprint density at radius 1 is 1.03 bits per heavy atom. The molecule has 0 bridgehead atoms. The van der Waals surface area contributed by atoms with Gasteiger partial charge in [-0.15, -0.1) is 0 Å². The van der Waals surface area contributed by atoms with E-state index in [0.717, 1.165) is 24.2 Å². The second kappa shape index (κ2) is 10.2. The molecule has 6 rings (SSSR count). The Bertz CT molecular complexity index is 1410. The molecule has 3 heterocycles. The first-order valence-electron chi connectivity index (χ1n) is 13.6. The van der Waals surface area contributed by atoms with E-state index in [2.05, 4.69) is 10.3 Å². The number of imidazole rings is 1. The second-order valence-corrected chi connectivity index (χ2v) is 11.6. The van der Waals surface area contributed by atoms with Crippen molar-refractivity contribution in [3.63, 3.8) is 0 Å². The molecule has 1 aliphatic carbocycles. The summed E-state index contributed by atoms with van der Waals surface area (Å²) < 4.78 is 1.93. The number of benzene rings is 2. The lowest BCUT2D eigenvalue weighted by Gasteiger charge is -2.34. The van der Waals surface area contributed by atoms with Gasteiger partial charge in [-0.1, -0.05) is 23.7 Å². The molecule has 3 aromatic rings. The van der Waals surface area contributed by atoms with Gasteiger partial charge < -0.3 is 19.7 Å². The van der Waals surface area contributed by atoms with Crippen LogP contribution in [0.15, 0.2) is 61.1 Å². The van der Waals surface area contributed by atoms with Gasteiger partial charge in [0.05, 0.1) is 22.6 Å². The third-order valence-corrected chi connectivity index (χ3v) is 8.76. The third-order valence-electron chi connectivity index (χ3n) is 8.43. The first-order chi connectivity index (χ1) is 18.8. The van der Waals surface area contributed by atoms with Crippen molar-refractivity contribution in [2.45, 2.75) is 45.1 Å². The maximum absolute atomic E-state index is 13.7. The molecule has 3 aliphatic rings. The number of aromatic nitrogens is 2. The van der Waals surface area contributed by atoms with Crippen molar-refractivity contribution in [3.8, 4) is 5.69 Å². The van der Waals surface area contributed by atoms with Crippen LogP contribution in [0.3, 0.4) is 0 Å². The van der Waals surface area contributed by atoms with Crippen LogP contribution in [0.4, 0.5) is 5.69 Å². The van der Waals surface area contributed by atoms with Crippen LogP contribution in [-0.4, -0.2) is 62.7 Å². The number of anilines is 1. The summed E-state index contributed by atoms with van der Waals surface area (Å²) in [6.07, 6.45) is 7.71. The molecule has 39 heavy (non-hydrogen) atoms. The molecule has 202 valence electrons. The lowest BCUT2D eigenvalue weighted by Crippen LogP contribution is -2.48. The normalized spacial score (nSPS) is 20.3. The summed E-state index contributed by atoms with van der Waals surface area (Å²) in [5.41, 5.74) is 3.18. The fraction of sp³-hybridized carbons (Fsp3) is 0.400. The van der Waals surface area contributed by atoms with Crippen molar-refractivity contribution in [3.05, 3.63) is 77.3 Å². The van der Waals surface area contributed by atoms with Crippen molar-refractivity contribution >= 4 is 35.0 Å². The quantitative estimate of drug-likeness (QED) is 0.503. The Morgan fingerprint density at radius 2 is 1.74 bits per heavy atom. The second-order valence-electron chi connectivity index (χ2n) is 11.2. The first kappa shape index (κ1) is 25.6. The number of hydrogen-bond donors (Lipinski definition) is 1. The number of piperidine rings is 1. The molecule has 2 aliphatic heterocycles. The maximum atomic E-state index is 13.7. The highest BCUT2D eigenvalue weighted by Crippen LogP contribution is 2.55. The minimum atomic E-state index is -0.473. The van der Waals surface area contributed by atoms with Crippen molar-refractivity contribution in [1.29, 1.82) is 0 Å². The zero-order valence-electron chi connectivity index (χ0n) is 22.0. The van der Waals surface area contributed by atoms with Crippen LogP contribution in [0, 0.1) is 18.3 Å². The van der Waals surface area contributed by atoms with Crippen LogP contribution in [0.1, 0.15) is 48.2 Å². The summed E-state index contributed by atoms with van der Waals surface area (Å²) in [4.78, 5) is 47.9. The lowest BCUT2D eigenvalue weighted by molar-refractivity contribution is -0.141. The zero-order chi connectivity index (χ0) is 27.1. The van der Waals surface area contributed by atoms with Gasteiger partial charge in [0.1, 0.15) is 6.04 Å². The Hall–Kier alpha value is -3.65. The van der Waals surface area contributed by atoms with Gasteiger partial charge in [0, 0.05) is 43.1 Å². The number of likely N-dealkylation sites (tertiary alicyclic amines) is 2. The summed E-state index contributed by atoms with van der Waals surface area (Å²) in [6.45, 7) is 3.58. The molecule has 8 nitrogen and oxygen atoms in total. The molecule has 3 fully saturated rings. The summed E-state index contributed by atoms with van der Waals surface area (Å²) in [6, 6.07) is 14.2. The van der Waals surface area contributed by atoms with E-state index in [9.17, 15) is 14.4 Å². The molecule has 3 amide bonds. The van der Waals surface area contributed by atoms with Crippen LogP contribution < -0.4 is 5.32 Å². The molecule has 9 heteroatoms. The van der Waals surface area contributed by atoms with Gasteiger partial charge in [0.2, 0.25) is 11.8 Å². The Morgan fingerprint density at radius 3 is 2.38 bits per heavy atom. The van der Waals surface area contributed by atoms with Crippen molar-refractivity contribution in [1.82, 2.24) is 19.4 Å². The van der Waals surface area contributed by atoms with Crippen LogP contribution in [0.5, 0.6) is 0 Å². The van der Waals surface area contributed by atoms with E-state index in [0.29, 0.717) is 55.2 Å². The number of nitrogens with zero attached hydrogens (tertiary/aromatic N) is 4. The van der Waals surface area contributed by atoms with E-state index in [-0.39, 0.29) is 29.1 Å². The number of rotatable bonds is 5. The molecule has 2 saturated heterocycles. The molecule has 2 aromatic carbocycles. The molecule has 0 unspecified atom stereocenters. The number of hydrogen-bond acceptors (Lipinski definition) is 4. The Kier molecular flexibility index (Phi) is 6.67. The molecular weight excluding hydrogens is 514 g/mol. The van der Waals surface area contributed by atoms with Gasteiger partial charge in [0.25, 0.3) is 5.91 Å². The van der Waals surface area contributed by atoms with E-state index in [1.54, 1.807) is 35.5 Å². The standard InChI is InChI=1S/C30H32ClN5O3/c1-20-17-35(19-32-20)23-8-6-22(7-9-23)33-27(37)26-16-30(12-13-30)18-36(26)28(38)21-10-14-34(15-11-21)29(39)24-4-2-3-5-25(24)31/h2-9,17,19,21,26H,10-16,18H2,1H3,(H,33,37)/t26-/m0/s1. The average molecular weight is 546 g/mol. The topological polar surface area (TPSA) is 87.5 Å². The summed E-state index contributed by atoms with van der Waals surface area (Å²) in [7, 11) is 0. The Balaban J connectivity index is 1.09. The highest BCUT2D eigenvalue weighted by Gasteiger charge is 2.55. The van der Waals surface area contributed by atoms with E-state index >= 15 is 0 Å². The molecule has 0 radical (unpaired) electrons. The SMILES string of the molecule is Cc1cn(-c2ccc(NC(=O)[C@@H]3CC4(CC4)CN3C(=O)C3CCN(C(=O)c4ccccc4Cl)CC3)cc2)cn1. The molecule has 1 aromatic heterocycles. The first-order valence-corrected chi connectivity index (χ1v) is 14.0. The molecular formula is C30H32ClN5O3. The van der Waals surface area contributed by atoms with E-state index < -0.39 is 6.04 Å². The highest BCUT2D eigenvalue weighted by atomic mass is 35.5. The van der Waals surface area contributed by atoms with Gasteiger partial charge in [-0.3, -0.25) is 14.4 Å². The monoisotopic (exact) mass is 545 g/mol. The minimum absolute atomic E-state index is 0.0367. The molecule has 1 atom stereocenters. The third kappa shape index (κ3) is 5.17. The smallest absolute Gasteiger partial charge is 0.255 e. The molecule has 1 N–H and O–H groups in total. The Labute approximate surface area is 232 Å². The molecule has 1 saturated carbocycles. The van der Waals surface area contributed by atoms with Gasteiger partial charge in [-0.25, -0.2) is 4.98 Å². The van der Waals surface area contributed by atoms with Crippen LogP contribution >= 0.6 is 11.6 Å². The van der Waals surface area contributed by atoms with Gasteiger partial charge in [-0.2, -0.15) is 0 Å². The van der Waals surface area contributed by atoms with Gasteiger partial charge in [0.15, 0.2) is 0 Å². The van der Waals surface area contributed by atoms with Crippen LogP contribution in [0.25, 0.3) is 5.69 Å². The summed E-state index contributed by atoms with van der Waals surface area (Å²) in [5.74, 6) is -0.391. The number of aryl methyl sites for hydroxylation is 1. The van der Waals surface area contributed by atoms with E-state index in [1.807, 2.05) is 46.9 Å². The average Bonchev–Trinajstić information content (AvgIpc) is 3.38. The highest BCUT2D eigenvalue weighted by molar-refractivity contribution is 6.33. The summed E-state index contributed by atoms with van der Waals surface area (Å²) in [5, 5.41) is 3.48. The van der Waals surface area contributed by atoms with E-state index in [1.165, 1.54) is 0 Å².